The summed E-state index contributed by atoms with van der Waals surface area (Å²) in [5, 5.41) is 0. The number of rotatable bonds is 1. The van der Waals surface area contributed by atoms with Gasteiger partial charge in [0.2, 0.25) is 0 Å². The van der Waals surface area contributed by atoms with Gasteiger partial charge in [-0.3, -0.25) is 0 Å². The van der Waals surface area contributed by atoms with Crippen LogP contribution in [0.4, 0.5) is 0 Å². The second-order valence-electron chi connectivity index (χ2n) is 1.76. The van der Waals surface area contributed by atoms with E-state index >= 15 is 0 Å². The van der Waals surface area contributed by atoms with Gasteiger partial charge in [-0.25, -0.2) is 0 Å². The van der Waals surface area contributed by atoms with Crippen molar-refractivity contribution in [1.29, 1.82) is 0 Å². The molecule has 45 valence electrons. The van der Waals surface area contributed by atoms with Crippen molar-refractivity contribution in [3.8, 4) is 0 Å². The minimum absolute atomic E-state index is 0. The fraction of sp³-hybridized carbons (Fsp3) is 0.250. The minimum atomic E-state index is 0. The molecule has 9 heavy (non-hydrogen) atoms. The average molecular weight is 150 g/mol. The topological polar surface area (TPSA) is 0 Å². The second kappa shape index (κ2) is 4.92. The van der Waals surface area contributed by atoms with Crippen LogP contribution < -0.4 is 0 Å². The summed E-state index contributed by atoms with van der Waals surface area (Å²) in [4.78, 5) is 0. The fourth-order valence-electron chi connectivity index (χ4n) is 0.657. The van der Waals surface area contributed by atoms with E-state index in [1.807, 2.05) is 12.1 Å². The molecular formula is C8H9Sc-. The van der Waals surface area contributed by atoms with Crippen LogP contribution in [-0.2, 0) is 32.3 Å². The normalized spacial score (nSPS) is 8.11. The predicted octanol–water partition coefficient (Wildman–Crippen LogP) is 2.05. The molecule has 0 N–H and O–H groups in total. The quantitative estimate of drug-likeness (QED) is 0.537. The first-order valence-electron chi connectivity index (χ1n) is 2.88. The molecular weight excluding hydrogens is 141 g/mol. The molecule has 0 bridgehead atoms. The molecule has 0 amide bonds. The van der Waals surface area contributed by atoms with Gasteiger partial charge in [-0.05, 0) is 0 Å². The maximum absolute atomic E-state index is 2.97. The summed E-state index contributed by atoms with van der Waals surface area (Å²) in [5.41, 5.74) is 1.38. The summed E-state index contributed by atoms with van der Waals surface area (Å²) >= 11 is 0. The largest absolute Gasteiger partial charge is 0.184 e. The van der Waals surface area contributed by atoms with Crippen molar-refractivity contribution >= 4 is 0 Å². The van der Waals surface area contributed by atoms with E-state index in [2.05, 4.69) is 25.1 Å². The third-order valence-electron chi connectivity index (χ3n) is 1.20. The summed E-state index contributed by atoms with van der Waals surface area (Å²) in [7, 11) is 0. The molecule has 0 heterocycles. The van der Waals surface area contributed by atoms with Crippen molar-refractivity contribution in [3.05, 3.63) is 35.9 Å². The Morgan fingerprint density at radius 2 is 1.89 bits per heavy atom. The Morgan fingerprint density at radius 1 is 1.33 bits per heavy atom. The number of hydrogen-bond donors (Lipinski definition) is 0. The van der Waals surface area contributed by atoms with Crippen molar-refractivity contribution < 1.29 is 25.8 Å². The summed E-state index contributed by atoms with van der Waals surface area (Å²) in [6.07, 6.45) is 1.12. The van der Waals surface area contributed by atoms with Crippen LogP contribution >= 0.6 is 0 Å². The SMILES string of the molecule is CCc1cc[c-]cc1.[Sc]. The van der Waals surface area contributed by atoms with Crippen LogP contribution in [0.25, 0.3) is 0 Å². The van der Waals surface area contributed by atoms with Gasteiger partial charge in [0, 0.05) is 25.8 Å². The van der Waals surface area contributed by atoms with Crippen molar-refractivity contribution in [2.45, 2.75) is 13.3 Å². The Morgan fingerprint density at radius 3 is 2.22 bits per heavy atom. The van der Waals surface area contributed by atoms with Crippen LogP contribution in [0.3, 0.4) is 0 Å². The first-order chi connectivity index (χ1) is 3.93. The van der Waals surface area contributed by atoms with Crippen LogP contribution in [0.5, 0.6) is 0 Å². The van der Waals surface area contributed by atoms with E-state index < -0.39 is 0 Å². The van der Waals surface area contributed by atoms with E-state index in [-0.39, 0.29) is 25.8 Å². The average Bonchev–Trinajstić information content (AvgIpc) is 1.90. The zero-order valence-electron chi connectivity index (χ0n) is 5.59. The minimum Gasteiger partial charge on any atom is -0.184 e. The third-order valence-corrected chi connectivity index (χ3v) is 1.20. The molecule has 0 saturated heterocycles. The number of hydrogen-bond acceptors (Lipinski definition) is 0. The summed E-state index contributed by atoms with van der Waals surface area (Å²) in [6.45, 7) is 2.15. The smallest absolute Gasteiger partial charge is 0 e. The molecule has 1 aromatic rings. The van der Waals surface area contributed by atoms with Gasteiger partial charge in [0.15, 0.2) is 0 Å². The first-order valence-corrected chi connectivity index (χ1v) is 2.88. The molecule has 0 atom stereocenters. The molecule has 1 radical (unpaired) electrons. The van der Waals surface area contributed by atoms with E-state index in [1.165, 1.54) is 5.56 Å². The Labute approximate surface area is 75.1 Å². The van der Waals surface area contributed by atoms with Gasteiger partial charge in [-0.2, -0.15) is 35.9 Å². The van der Waals surface area contributed by atoms with Crippen LogP contribution in [0, 0.1) is 6.07 Å². The molecule has 0 aliphatic heterocycles. The maximum Gasteiger partial charge on any atom is 0 e. The summed E-state index contributed by atoms with van der Waals surface area (Å²) in [5.74, 6) is 0. The molecule has 0 fully saturated rings. The zero-order valence-corrected chi connectivity index (χ0v) is 7.40. The summed E-state index contributed by atoms with van der Waals surface area (Å²) < 4.78 is 0. The van der Waals surface area contributed by atoms with Crippen molar-refractivity contribution in [3.63, 3.8) is 0 Å². The first kappa shape index (κ1) is 9.09. The molecule has 1 rings (SSSR count). The Hall–Kier alpha value is 0.0901. The molecule has 1 heteroatoms. The van der Waals surface area contributed by atoms with Crippen LogP contribution in [-0.4, -0.2) is 0 Å². The van der Waals surface area contributed by atoms with Crippen molar-refractivity contribution in [2.75, 3.05) is 0 Å². The molecule has 0 aromatic heterocycles. The Balaban J connectivity index is 0.000000640. The van der Waals surface area contributed by atoms with Gasteiger partial charge in [0.05, 0.1) is 0 Å². The predicted molar refractivity (Wildman–Crippen MR) is 34.7 cm³/mol. The monoisotopic (exact) mass is 150 g/mol. The van der Waals surface area contributed by atoms with E-state index in [0.717, 1.165) is 6.42 Å². The Bertz CT molecular complexity index is 146. The third kappa shape index (κ3) is 2.95. The number of aryl methyl sites for hydroxylation is 1. The van der Waals surface area contributed by atoms with Gasteiger partial charge in [0.1, 0.15) is 0 Å². The van der Waals surface area contributed by atoms with E-state index in [4.69, 9.17) is 0 Å². The standard InChI is InChI=1S/C8H9.Sc/c1-2-8-6-4-3-5-7-8;/h4-7H,2H2,1H3;/q-1;. The fourth-order valence-corrected chi connectivity index (χ4v) is 0.657. The molecule has 0 unspecified atom stereocenters. The van der Waals surface area contributed by atoms with Gasteiger partial charge in [-0.1, -0.05) is 13.3 Å². The molecule has 1 aromatic carbocycles. The Kier molecular flexibility index (Phi) is 4.97. The van der Waals surface area contributed by atoms with Crippen molar-refractivity contribution in [2.24, 2.45) is 0 Å². The second-order valence-corrected chi connectivity index (χ2v) is 1.76. The van der Waals surface area contributed by atoms with Gasteiger partial charge < -0.3 is 0 Å². The van der Waals surface area contributed by atoms with E-state index in [0.29, 0.717) is 0 Å². The van der Waals surface area contributed by atoms with Gasteiger partial charge >= 0.3 is 0 Å². The van der Waals surface area contributed by atoms with Crippen LogP contribution in [0.1, 0.15) is 12.5 Å². The van der Waals surface area contributed by atoms with Gasteiger partial charge in [-0.15, -0.1) is 0 Å². The summed E-state index contributed by atoms with van der Waals surface area (Å²) in [6, 6.07) is 11.0. The molecule has 0 nitrogen and oxygen atoms in total. The van der Waals surface area contributed by atoms with E-state index in [1.54, 1.807) is 0 Å². The molecule has 0 aliphatic rings. The van der Waals surface area contributed by atoms with Crippen LogP contribution in [0.15, 0.2) is 24.3 Å². The van der Waals surface area contributed by atoms with Crippen molar-refractivity contribution in [1.82, 2.24) is 0 Å². The molecule has 0 saturated carbocycles. The van der Waals surface area contributed by atoms with Crippen LogP contribution in [0.2, 0.25) is 0 Å². The number of benzene rings is 1. The van der Waals surface area contributed by atoms with Gasteiger partial charge in [0.25, 0.3) is 0 Å². The molecule has 0 aliphatic carbocycles. The van der Waals surface area contributed by atoms with E-state index in [9.17, 15) is 0 Å². The maximum atomic E-state index is 2.97. The zero-order chi connectivity index (χ0) is 5.82. The molecule has 0 spiro atoms.